The van der Waals surface area contributed by atoms with Crippen molar-refractivity contribution in [3.05, 3.63) is 47.9 Å². The van der Waals surface area contributed by atoms with Crippen LogP contribution >= 0.6 is 0 Å². The second-order valence-corrected chi connectivity index (χ2v) is 6.52. The lowest BCUT2D eigenvalue weighted by molar-refractivity contribution is 0.0635. The molecule has 0 aliphatic rings. The van der Waals surface area contributed by atoms with Crippen LogP contribution in [0, 0.1) is 0 Å². The lowest BCUT2D eigenvalue weighted by Gasteiger charge is -2.19. The highest BCUT2D eigenvalue weighted by molar-refractivity contribution is 5.83. The minimum absolute atomic E-state index is 0.335. The summed E-state index contributed by atoms with van der Waals surface area (Å²) in [5, 5.41) is 20.7. The normalized spacial score (nSPS) is 12.8. The summed E-state index contributed by atoms with van der Waals surface area (Å²) in [4.78, 5) is 20.0. The topological polar surface area (TPSA) is 113 Å². The van der Waals surface area contributed by atoms with Crippen molar-refractivity contribution in [3.8, 4) is 0 Å². The van der Waals surface area contributed by atoms with Crippen LogP contribution in [0.1, 0.15) is 38.1 Å². The maximum atomic E-state index is 11.7. The van der Waals surface area contributed by atoms with Crippen LogP contribution in [0.3, 0.4) is 0 Å². The molecule has 0 saturated carbocycles. The van der Waals surface area contributed by atoms with E-state index in [1.807, 2.05) is 6.07 Å². The molecule has 0 radical (unpaired) electrons. The zero-order valence-corrected chi connectivity index (χ0v) is 14.1. The number of hydrogen-bond donors (Lipinski definition) is 3. The Morgan fingerprint density at radius 2 is 2.08 bits per heavy atom. The third-order valence-electron chi connectivity index (χ3n) is 3.36. The van der Waals surface area contributed by atoms with Crippen LogP contribution in [0.25, 0.3) is 11.0 Å². The lowest BCUT2D eigenvalue weighted by Crippen LogP contribution is -2.27. The third-order valence-corrected chi connectivity index (χ3v) is 3.36. The fourth-order valence-corrected chi connectivity index (χ4v) is 2.29. The van der Waals surface area contributed by atoms with Gasteiger partial charge < -0.3 is 9.84 Å². The fraction of sp³-hybridized carbons (Fsp3) is 0.294. The maximum Gasteiger partial charge on any atom is 0.413 e. The Hall–Kier alpha value is -3.00. The number of aliphatic hydroxyl groups is 1. The highest BCUT2D eigenvalue weighted by Gasteiger charge is 2.19. The summed E-state index contributed by atoms with van der Waals surface area (Å²) in [6.45, 7) is 5.34. The smallest absolute Gasteiger partial charge is 0.413 e. The molecule has 25 heavy (non-hydrogen) atoms. The van der Waals surface area contributed by atoms with Gasteiger partial charge in [0.2, 0.25) is 0 Å². The summed E-state index contributed by atoms with van der Waals surface area (Å²) < 4.78 is 5.17. The number of carbonyl (C=O) groups is 1. The van der Waals surface area contributed by atoms with Gasteiger partial charge in [0, 0.05) is 23.3 Å². The molecule has 8 nitrogen and oxygen atoms in total. The Balaban J connectivity index is 1.75. The average molecular weight is 341 g/mol. The minimum atomic E-state index is -0.933. The number of nitrogens with one attached hydrogen (secondary N) is 2. The number of hydrogen-bond acceptors (Lipinski definition) is 6. The Labute approximate surface area is 144 Å². The van der Waals surface area contributed by atoms with Crippen molar-refractivity contribution in [2.24, 2.45) is 0 Å². The molecule has 0 aliphatic heterocycles. The van der Waals surface area contributed by atoms with Crippen molar-refractivity contribution >= 4 is 22.9 Å². The first-order valence-electron chi connectivity index (χ1n) is 7.76. The van der Waals surface area contributed by atoms with Gasteiger partial charge in [-0.05, 0) is 39.0 Å². The van der Waals surface area contributed by atoms with Crippen LogP contribution in [0.4, 0.5) is 10.6 Å². The Kier molecular flexibility index (Phi) is 4.37. The molecule has 1 unspecified atom stereocenters. The van der Waals surface area contributed by atoms with Gasteiger partial charge in [0.05, 0.1) is 5.69 Å². The summed E-state index contributed by atoms with van der Waals surface area (Å²) in [6.07, 6.45) is 1.61. The largest absolute Gasteiger partial charge is 0.444 e. The van der Waals surface area contributed by atoms with Crippen molar-refractivity contribution in [2.75, 3.05) is 5.32 Å². The molecule has 0 aliphatic carbocycles. The predicted octanol–water partition coefficient (Wildman–Crippen LogP) is 2.78. The number of aliphatic hydroxyl groups excluding tert-OH is 1. The van der Waals surface area contributed by atoms with Gasteiger partial charge in [-0.25, -0.2) is 14.8 Å². The van der Waals surface area contributed by atoms with E-state index >= 15 is 0 Å². The summed E-state index contributed by atoms with van der Waals surface area (Å²) in [5.74, 6) is 0.335. The Morgan fingerprint density at radius 1 is 1.28 bits per heavy atom. The number of fused-ring (bicyclic) bond motifs is 1. The standard InChI is InChI=1S/C17H19N5O3/c1-17(2,3)25-16(24)20-12-7-6-10(9-19-12)14(23)13-11-5-4-8-18-15(11)22-21-13/h4-9,14,23H,1-3H3,(H,18,21,22)(H,19,20,24). The van der Waals surface area contributed by atoms with Gasteiger partial charge in [0.15, 0.2) is 5.65 Å². The molecule has 0 saturated heterocycles. The van der Waals surface area contributed by atoms with Crippen LogP contribution < -0.4 is 5.32 Å². The van der Waals surface area contributed by atoms with E-state index in [4.69, 9.17) is 4.74 Å². The molecule has 3 rings (SSSR count). The molecule has 0 fully saturated rings. The number of anilines is 1. The van der Waals surface area contributed by atoms with E-state index in [0.717, 1.165) is 5.39 Å². The van der Waals surface area contributed by atoms with E-state index in [2.05, 4.69) is 25.5 Å². The molecule has 3 aromatic rings. The zero-order chi connectivity index (χ0) is 18.0. The van der Waals surface area contributed by atoms with Crippen molar-refractivity contribution in [3.63, 3.8) is 0 Å². The van der Waals surface area contributed by atoms with E-state index in [9.17, 15) is 9.90 Å². The van der Waals surface area contributed by atoms with Gasteiger partial charge >= 0.3 is 6.09 Å². The molecule has 1 amide bonds. The van der Waals surface area contributed by atoms with Crippen LogP contribution in [-0.2, 0) is 4.74 Å². The van der Waals surface area contributed by atoms with E-state index in [1.165, 1.54) is 6.20 Å². The average Bonchev–Trinajstić information content (AvgIpc) is 2.97. The predicted molar refractivity (Wildman–Crippen MR) is 92.0 cm³/mol. The van der Waals surface area contributed by atoms with Gasteiger partial charge in [-0.1, -0.05) is 6.07 Å². The number of pyridine rings is 2. The Morgan fingerprint density at radius 3 is 2.76 bits per heavy atom. The quantitative estimate of drug-likeness (QED) is 0.675. The highest BCUT2D eigenvalue weighted by atomic mass is 16.6. The molecule has 3 heterocycles. The van der Waals surface area contributed by atoms with Crippen molar-refractivity contribution in [1.82, 2.24) is 20.2 Å². The summed E-state index contributed by atoms with van der Waals surface area (Å²) in [7, 11) is 0. The number of aromatic nitrogens is 4. The minimum Gasteiger partial charge on any atom is -0.444 e. The van der Waals surface area contributed by atoms with Crippen molar-refractivity contribution < 1.29 is 14.6 Å². The van der Waals surface area contributed by atoms with Crippen LogP contribution in [0.15, 0.2) is 36.7 Å². The number of amides is 1. The van der Waals surface area contributed by atoms with Crippen molar-refractivity contribution in [1.29, 1.82) is 0 Å². The third kappa shape index (κ3) is 3.92. The zero-order valence-electron chi connectivity index (χ0n) is 14.1. The summed E-state index contributed by atoms with van der Waals surface area (Å²) in [5.41, 5.74) is 1.05. The fourth-order valence-electron chi connectivity index (χ4n) is 2.29. The highest BCUT2D eigenvalue weighted by Crippen LogP contribution is 2.26. The summed E-state index contributed by atoms with van der Waals surface area (Å²) in [6, 6.07) is 6.88. The van der Waals surface area contributed by atoms with Gasteiger partial charge in [-0.15, -0.1) is 0 Å². The molecular formula is C17H19N5O3. The lowest BCUT2D eigenvalue weighted by atomic mass is 10.1. The molecule has 0 spiro atoms. The van der Waals surface area contributed by atoms with E-state index in [0.29, 0.717) is 22.7 Å². The number of nitrogens with zero attached hydrogens (tertiary/aromatic N) is 3. The van der Waals surface area contributed by atoms with E-state index in [-0.39, 0.29) is 0 Å². The first-order chi connectivity index (χ1) is 11.8. The van der Waals surface area contributed by atoms with Gasteiger partial charge in [0.1, 0.15) is 17.5 Å². The molecule has 1 atom stereocenters. The molecule has 0 bridgehead atoms. The van der Waals surface area contributed by atoms with Crippen LogP contribution in [0.5, 0.6) is 0 Å². The van der Waals surface area contributed by atoms with Gasteiger partial charge in [-0.2, -0.15) is 5.10 Å². The molecular weight excluding hydrogens is 322 g/mol. The Bertz CT molecular complexity index is 883. The molecule has 130 valence electrons. The summed E-state index contributed by atoms with van der Waals surface area (Å²) >= 11 is 0. The molecule has 3 N–H and O–H groups in total. The second kappa shape index (κ2) is 6.48. The molecule has 8 heteroatoms. The number of H-pyrrole nitrogens is 1. The van der Waals surface area contributed by atoms with Gasteiger partial charge in [-0.3, -0.25) is 10.4 Å². The number of aromatic amines is 1. The SMILES string of the molecule is CC(C)(C)OC(=O)Nc1ccc(C(O)c2[nH]nc3ncccc23)cn1. The van der Waals surface area contributed by atoms with Crippen LogP contribution in [-0.4, -0.2) is 37.0 Å². The van der Waals surface area contributed by atoms with Crippen molar-refractivity contribution in [2.45, 2.75) is 32.5 Å². The first-order valence-corrected chi connectivity index (χ1v) is 7.76. The number of rotatable bonds is 3. The molecule has 0 aromatic carbocycles. The number of ether oxygens (including phenoxy) is 1. The monoisotopic (exact) mass is 341 g/mol. The first kappa shape index (κ1) is 16.8. The van der Waals surface area contributed by atoms with E-state index < -0.39 is 17.8 Å². The molecule has 3 aromatic heterocycles. The van der Waals surface area contributed by atoms with Crippen LogP contribution in [0.2, 0.25) is 0 Å². The maximum absolute atomic E-state index is 11.7. The van der Waals surface area contributed by atoms with Gasteiger partial charge in [0.25, 0.3) is 0 Å². The number of carbonyl (C=O) groups excluding carboxylic acids is 1. The second-order valence-electron chi connectivity index (χ2n) is 6.52. The van der Waals surface area contributed by atoms with E-state index in [1.54, 1.807) is 45.2 Å².